The monoisotopic (exact) mass is 389 g/mol. The first-order chi connectivity index (χ1) is 12.6. The largest absolute Gasteiger partial charge is 0.348 e. The summed E-state index contributed by atoms with van der Waals surface area (Å²) in [5, 5.41) is 6.37. The molecular weight excluding hydrogens is 370 g/mol. The van der Waals surface area contributed by atoms with E-state index in [-0.39, 0.29) is 0 Å². The van der Waals surface area contributed by atoms with Gasteiger partial charge in [0.2, 0.25) is 0 Å². The van der Waals surface area contributed by atoms with E-state index in [1.165, 1.54) is 11.3 Å². The molecule has 0 saturated carbocycles. The number of thiazole rings is 1. The number of amides is 2. The quantitative estimate of drug-likeness (QED) is 0.603. The third kappa shape index (κ3) is 5.16. The number of nitrogens with zero attached hydrogens (tertiary/aromatic N) is 1. The standard InChI is InChI=1S/C19H20ClN3O2S/c20-16-9-5-4-8-14(16)10-15-12-22-19(26-15)23-18(25)17(24)21-11-13-6-2-1-3-7-13/h1-2,4-5,8-9,12-13H,3,6-7,10-11H2,(H,21,24)(H,22,23,25). The van der Waals surface area contributed by atoms with E-state index in [2.05, 4.69) is 27.8 Å². The number of halogens is 1. The average Bonchev–Trinajstić information content (AvgIpc) is 3.09. The van der Waals surface area contributed by atoms with Gasteiger partial charge >= 0.3 is 11.8 Å². The summed E-state index contributed by atoms with van der Waals surface area (Å²) >= 11 is 7.50. The van der Waals surface area contributed by atoms with Crippen LogP contribution in [0.4, 0.5) is 5.13 Å². The van der Waals surface area contributed by atoms with Crippen molar-refractivity contribution in [2.24, 2.45) is 5.92 Å². The molecule has 1 aromatic heterocycles. The number of hydrogen-bond donors (Lipinski definition) is 2. The Morgan fingerprint density at radius 3 is 2.85 bits per heavy atom. The molecule has 1 aromatic carbocycles. The Kier molecular flexibility index (Phi) is 6.41. The first-order valence-corrected chi connectivity index (χ1v) is 9.73. The zero-order valence-corrected chi connectivity index (χ0v) is 15.8. The number of allylic oxidation sites excluding steroid dienone is 2. The number of rotatable bonds is 5. The van der Waals surface area contributed by atoms with Crippen LogP contribution in [0.15, 0.2) is 42.6 Å². The molecule has 1 atom stereocenters. The lowest BCUT2D eigenvalue weighted by Crippen LogP contribution is -2.38. The van der Waals surface area contributed by atoms with Crippen LogP contribution in [0, 0.1) is 5.92 Å². The molecule has 1 unspecified atom stereocenters. The highest BCUT2D eigenvalue weighted by Crippen LogP contribution is 2.24. The lowest BCUT2D eigenvalue weighted by atomic mass is 9.94. The normalized spacial score (nSPS) is 16.3. The molecule has 1 aliphatic rings. The predicted octanol–water partition coefficient (Wildman–Crippen LogP) is 3.80. The van der Waals surface area contributed by atoms with Crippen molar-refractivity contribution >= 4 is 39.9 Å². The number of benzene rings is 1. The van der Waals surface area contributed by atoms with Crippen molar-refractivity contribution in [3.63, 3.8) is 0 Å². The summed E-state index contributed by atoms with van der Waals surface area (Å²) in [6.07, 6.45) is 9.60. The second-order valence-corrected chi connectivity index (χ2v) is 7.74. The maximum Gasteiger partial charge on any atom is 0.315 e. The molecule has 1 heterocycles. The average molecular weight is 390 g/mol. The topological polar surface area (TPSA) is 71.1 Å². The minimum Gasteiger partial charge on any atom is -0.348 e. The zero-order valence-electron chi connectivity index (χ0n) is 14.2. The number of aromatic nitrogens is 1. The number of anilines is 1. The molecule has 5 nitrogen and oxygen atoms in total. The van der Waals surface area contributed by atoms with Crippen molar-refractivity contribution in [1.82, 2.24) is 10.3 Å². The fraction of sp³-hybridized carbons (Fsp3) is 0.316. The summed E-state index contributed by atoms with van der Waals surface area (Å²) in [5.74, 6) is -0.906. The Morgan fingerprint density at radius 1 is 1.23 bits per heavy atom. The molecule has 136 valence electrons. The summed E-state index contributed by atoms with van der Waals surface area (Å²) in [5.41, 5.74) is 0.995. The summed E-state index contributed by atoms with van der Waals surface area (Å²) < 4.78 is 0. The van der Waals surface area contributed by atoms with Crippen molar-refractivity contribution in [2.75, 3.05) is 11.9 Å². The molecule has 2 N–H and O–H groups in total. The van der Waals surface area contributed by atoms with Gasteiger partial charge in [-0.15, -0.1) is 11.3 Å². The van der Waals surface area contributed by atoms with Gasteiger partial charge in [-0.05, 0) is 36.8 Å². The van der Waals surface area contributed by atoms with E-state index in [1.54, 1.807) is 6.20 Å². The second kappa shape index (κ2) is 8.96. The Morgan fingerprint density at radius 2 is 2.08 bits per heavy atom. The van der Waals surface area contributed by atoms with Gasteiger partial charge < -0.3 is 5.32 Å². The van der Waals surface area contributed by atoms with Crippen LogP contribution in [0.2, 0.25) is 5.02 Å². The second-order valence-electron chi connectivity index (χ2n) is 6.21. The fourth-order valence-corrected chi connectivity index (χ4v) is 3.82. The van der Waals surface area contributed by atoms with Crippen LogP contribution in [0.25, 0.3) is 0 Å². The van der Waals surface area contributed by atoms with Crippen LogP contribution in [0.1, 0.15) is 29.7 Å². The van der Waals surface area contributed by atoms with Gasteiger partial charge in [-0.3, -0.25) is 14.9 Å². The van der Waals surface area contributed by atoms with Crippen LogP contribution in [0.3, 0.4) is 0 Å². The Labute approximate surface area is 161 Å². The highest BCUT2D eigenvalue weighted by molar-refractivity contribution is 7.15. The van der Waals surface area contributed by atoms with Crippen molar-refractivity contribution in [2.45, 2.75) is 25.7 Å². The molecule has 0 aliphatic heterocycles. The Balaban J connectivity index is 1.50. The molecule has 0 bridgehead atoms. The van der Waals surface area contributed by atoms with Gasteiger partial charge in [0.1, 0.15) is 0 Å². The SMILES string of the molecule is O=C(NCC1CC=CCC1)C(=O)Nc1ncc(Cc2ccccc2Cl)s1. The van der Waals surface area contributed by atoms with E-state index < -0.39 is 11.8 Å². The first-order valence-electron chi connectivity index (χ1n) is 8.54. The van der Waals surface area contributed by atoms with E-state index in [0.717, 1.165) is 29.7 Å². The lowest BCUT2D eigenvalue weighted by molar-refractivity contribution is -0.136. The van der Waals surface area contributed by atoms with Crippen molar-refractivity contribution in [1.29, 1.82) is 0 Å². The molecule has 7 heteroatoms. The van der Waals surface area contributed by atoms with Crippen LogP contribution >= 0.6 is 22.9 Å². The lowest BCUT2D eigenvalue weighted by Gasteiger charge is -2.17. The van der Waals surface area contributed by atoms with E-state index in [9.17, 15) is 9.59 Å². The molecule has 0 fully saturated rings. The highest BCUT2D eigenvalue weighted by Gasteiger charge is 2.18. The minimum absolute atomic E-state index is 0.402. The maximum absolute atomic E-state index is 12.0. The molecule has 2 amide bonds. The minimum atomic E-state index is -0.685. The molecule has 3 rings (SSSR count). The van der Waals surface area contributed by atoms with Crippen LogP contribution in [-0.4, -0.2) is 23.3 Å². The van der Waals surface area contributed by atoms with Gasteiger partial charge in [-0.1, -0.05) is 42.0 Å². The molecule has 26 heavy (non-hydrogen) atoms. The summed E-state index contributed by atoms with van der Waals surface area (Å²) in [6.45, 7) is 0.520. The molecule has 0 saturated heterocycles. The third-order valence-corrected chi connectivity index (χ3v) is 5.51. The van der Waals surface area contributed by atoms with Crippen LogP contribution < -0.4 is 10.6 Å². The number of carbonyl (C=O) groups excluding carboxylic acids is 2. The fourth-order valence-electron chi connectivity index (χ4n) is 2.79. The van der Waals surface area contributed by atoms with Gasteiger partial charge in [0, 0.05) is 29.1 Å². The van der Waals surface area contributed by atoms with Gasteiger partial charge in [0.15, 0.2) is 5.13 Å². The zero-order chi connectivity index (χ0) is 18.4. The first kappa shape index (κ1) is 18.6. The van der Waals surface area contributed by atoms with Gasteiger partial charge in [-0.25, -0.2) is 4.98 Å². The number of nitrogens with one attached hydrogen (secondary N) is 2. The van der Waals surface area contributed by atoms with Gasteiger partial charge in [0.25, 0.3) is 0 Å². The smallest absolute Gasteiger partial charge is 0.315 e. The Bertz CT molecular complexity index is 819. The van der Waals surface area contributed by atoms with E-state index >= 15 is 0 Å². The van der Waals surface area contributed by atoms with Crippen LogP contribution in [-0.2, 0) is 16.0 Å². The predicted molar refractivity (Wildman–Crippen MR) is 104 cm³/mol. The van der Waals surface area contributed by atoms with Crippen LogP contribution in [0.5, 0.6) is 0 Å². The highest BCUT2D eigenvalue weighted by atomic mass is 35.5. The maximum atomic E-state index is 12.0. The summed E-state index contributed by atoms with van der Waals surface area (Å²) in [4.78, 5) is 29.1. The number of carbonyl (C=O) groups is 2. The number of hydrogen-bond acceptors (Lipinski definition) is 4. The van der Waals surface area contributed by atoms with Crippen molar-refractivity contribution < 1.29 is 9.59 Å². The van der Waals surface area contributed by atoms with E-state index in [4.69, 9.17) is 11.6 Å². The Hall–Kier alpha value is -2.18. The summed E-state index contributed by atoms with van der Waals surface area (Å²) in [7, 11) is 0. The third-order valence-electron chi connectivity index (χ3n) is 4.23. The molecule has 2 aromatic rings. The van der Waals surface area contributed by atoms with E-state index in [0.29, 0.717) is 29.0 Å². The summed E-state index contributed by atoms with van der Waals surface area (Å²) in [6, 6.07) is 7.60. The molecular formula is C19H20ClN3O2S. The van der Waals surface area contributed by atoms with Crippen molar-refractivity contribution in [3.8, 4) is 0 Å². The van der Waals surface area contributed by atoms with Gasteiger partial charge in [-0.2, -0.15) is 0 Å². The van der Waals surface area contributed by atoms with E-state index in [1.807, 2.05) is 24.3 Å². The van der Waals surface area contributed by atoms with Gasteiger partial charge in [0.05, 0.1) is 0 Å². The molecule has 1 aliphatic carbocycles. The molecule has 0 radical (unpaired) electrons. The molecule has 0 spiro atoms. The van der Waals surface area contributed by atoms with Crippen molar-refractivity contribution in [3.05, 3.63) is 58.1 Å².